The molecule has 1 saturated heterocycles. The lowest BCUT2D eigenvalue weighted by atomic mass is 10.0. The largest absolute Gasteiger partial charge is 0.372 e. The van der Waals surface area contributed by atoms with Crippen LogP contribution >= 0.6 is 0 Å². The Morgan fingerprint density at radius 1 is 0.905 bits per heavy atom. The monoisotopic (exact) mass is 299 g/mol. The SMILES string of the molecule is O=C(c1ccccc1)C(c1ccccc1)[S+]1CCOCC1. The number of carbonyl (C=O) groups is 1. The zero-order chi connectivity index (χ0) is 14.5. The first-order valence-electron chi connectivity index (χ1n) is 7.24. The summed E-state index contributed by atoms with van der Waals surface area (Å²) in [5, 5.41) is -0.0301. The van der Waals surface area contributed by atoms with Gasteiger partial charge in [-0.05, 0) is 0 Å². The molecule has 1 aliphatic rings. The van der Waals surface area contributed by atoms with Crippen LogP contribution in [0.25, 0.3) is 0 Å². The number of hydrogen-bond donors (Lipinski definition) is 0. The van der Waals surface area contributed by atoms with E-state index in [0.717, 1.165) is 35.8 Å². The van der Waals surface area contributed by atoms with Crippen LogP contribution in [0, 0.1) is 0 Å². The molecule has 3 rings (SSSR count). The smallest absolute Gasteiger partial charge is 0.219 e. The third kappa shape index (κ3) is 3.36. The molecule has 0 bridgehead atoms. The van der Waals surface area contributed by atoms with Crippen LogP contribution in [0.1, 0.15) is 21.2 Å². The Kier molecular flexibility index (Phi) is 4.73. The maximum atomic E-state index is 13.0. The van der Waals surface area contributed by atoms with Crippen LogP contribution in [-0.4, -0.2) is 30.5 Å². The Hall–Kier alpha value is -1.58. The molecule has 0 amide bonds. The van der Waals surface area contributed by atoms with Crippen LogP contribution in [-0.2, 0) is 15.6 Å². The van der Waals surface area contributed by atoms with Crippen LogP contribution in [0.4, 0.5) is 0 Å². The summed E-state index contributed by atoms with van der Waals surface area (Å²) in [6.07, 6.45) is 0. The Labute approximate surface area is 128 Å². The Morgan fingerprint density at radius 2 is 1.48 bits per heavy atom. The summed E-state index contributed by atoms with van der Waals surface area (Å²) < 4.78 is 5.47. The van der Waals surface area contributed by atoms with E-state index >= 15 is 0 Å². The van der Waals surface area contributed by atoms with Crippen LogP contribution in [0.2, 0.25) is 0 Å². The van der Waals surface area contributed by atoms with E-state index in [2.05, 4.69) is 12.1 Å². The van der Waals surface area contributed by atoms with Crippen LogP contribution in [0.3, 0.4) is 0 Å². The van der Waals surface area contributed by atoms with Gasteiger partial charge in [-0.2, -0.15) is 0 Å². The fourth-order valence-corrected chi connectivity index (χ4v) is 4.97. The standard InChI is InChI=1S/C18H19O2S/c19-17(15-7-3-1-4-8-15)18(16-9-5-2-6-10-16)21-13-11-20-12-14-21/h1-10,18H,11-14H2/q+1. The van der Waals surface area contributed by atoms with E-state index in [1.807, 2.05) is 48.5 Å². The second-order valence-corrected chi connectivity index (χ2v) is 7.44. The summed E-state index contributed by atoms with van der Waals surface area (Å²) in [4.78, 5) is 13.0. The number of rotatable bonds is 4. The summed E-state index contributed by atoms with van der Waals surface area (Å²) >= 11 is 0. The maximum absolute atomic E-state index is 13.0. The maximum Gasteiger partial charge on any atom is 0.219 e. The van der Waals surface area contributed by atoms with Crippen molar-refractivity contribution in [1.29, 1.82) is 0 Å². The van der Waals surface area contributed by atoms with Crippen molar-refractivity contribution >= 4 is 16.7 Å². The van der Waals surface area contributed by atoms with Gasteiger partial charge in [-0.25, -0.2) is 0 Å². The van der Waals surface area contributed by atoms with Crippen molar-refractivity contribution in [3.63, 3.8) is 0 Å². The van der Waals surface area contributed by atoms with Crippen LogP contribution < -0.4 is 0 Å². The van der Waals surface area contributed by atoms with E-state index in [4.69, 9.17) is 4.74 Å². The molecule has 2 nitrogen and oxygen atoms in total. The number of carbonyl (C=O) groups excluding carboxylic acids is 1. The molecule has 2 aromatic rings. The molecular formula is C18H19O2S+. The van der Waals surface area contributed by atoms with Gasteiger partial charge in [-0.3, -0.25) is 4.79 Å². The molecule has 0 radical (unpaired) electrons. The molecule has 1 unspecified atom stereocenters. The molecule has 1 fully saturated rings. The lowest BCUT2D eigenvalue weighted by molar-refractivity contribution is 0.0987. The minimum Gasteiger partial charge on any atom is -0.372 e. The number of Topliss-reactive ketones (excluding diaryl/α,β-unsaturated/α-hetero) is 1. The summed E-state index contributed by atoms with van der Waals surface area (Å²) in [5.74, 6) is 2.21. The zero-order valence-electron chi connectivity index (χ0n) is 11.9. The van der Waals surface area contributed by atoms with E-state index in [0.29, 0.717) is 0 Å². The molecule has 0 N–H and O–H groups in total. The minimum absolute atomic E-state index is 0.0301. The molecule has 21 heavy (non-hydrogen) atoms. The van der Waals surface area contributed by atoms with E-state index < -0.39 is 0 Å². The first kappa shape index (κ1) is 14.4. The zero-order valence-corrected chi connectivity index (χ0v) is 12.7. The average Bonchev–Trinajstić information content (AvgIpc) is 2.58. The fraction of sp³-hybridized carbons (Fsp3) is 0.278. The van der Waals surface area contributed by atoms with Crippen molar-refractivity contribution in [2.75, 3.05) is 24.7 Å². The van der Waals surface area contributed by atoms with Gasteiger partial charge in [-0.15, -0.1) is 0 Å². The molecule has 2 aromatic carbocycles. The Balaban J connectivity index is 1.94. The Bertz CT molecular complexity index is 577. The van der Waals surface area contributed by atoms with Gasteiger partial charge in [0.1, 0.15) is 11.5 Å². The average molecular weight is 299 g/mol. The van der Waals surface area contributed by atoms with Crippen molar-refractivity contribution in [2.24, 2.45) is 0 Å². The highest BCUT2D eigenvalue weighted by Gasteiger charge is 2.39. The van der Waals surface area contributed by atoms with Gasteiger partial charge in [0.25, 0.3) is 0 Å². The molecule has 0 spiro atoms. The first-order valence-corrected chi connectivity index (χ1v) is 8.87. The van der Waals surface area contributed by atoms with Gasteiger partial charge in [0, 0.05) is 22.0 Å². The quantitative estimate of drug-likeness (QED) is 0.640. The summed E-state index contributed by atoms with van der Waals surface area (Å²) in [7, 11) is 0.0615. The number of ketones is 1. The van der Waals surface area contributed by atoms with Gasteiger partial charge < -0.3 is 4.74 Å². The van der Waals surface area contributed by atoms with E-state index in [1.54, 1.807) is 0 Å². The molecule has 1 heterocycles. The molecule has 0 aromatic heterocycles. The van der Waals surface area contributed by atoms with Crippen molar-refractivity contribution in [3.05, 3.63) is 71.8 Å². The molecular weight excluding hydrogens is 280 g/mol. The lowest BCUT2D eigenvalue weighted by Gasteiger charge is -2.22. The van der Waals surface area contributed by atoms with E-state index in [9.17, 15) is 4.79 Å². The highest BCUT2D eigenvalue weighted by Crippen LogP contribution is 2.30. The van der Waals surface area contributed by atoms with Crippen molar-refractivity contribution in [2.45, 2.75) is 5.25 Å². The second kappa shape index (κ2) is 6.92. The lowest BCUT2D eigenvalue weighted by Crippen LogP contribution is -2.34. The first-order chi connectivity index (χ1) is 10.4. The molecule has 3 heteroatoms. The third-order valence-electron chi connectivity index (χ3n) is 3.71. The minimum atomic E-state index is -0.0301. The van der Waals surface area contributed by atoms with E-state index in [1.165, 1.54) is 0 Å². The predicted octanol–water partition coefficient (Wildman–Crippen LogP) is 3.26. The van der Waals surface area contributed by atoms with Gasteiger partial charge >= 0.3 is 0 Å². The third-order valence-corrected chi connectivity index (χ3v) is 6.25. The summed E-state index contributed by atoms with van der Waals surface area (Å²) in [6, 6.07) is 19.8. The molecule has 1 aliphatic heterocycles. The summed E-state index contributed by atoms with van der Waals surface area (Å²) in [5.41, 5.74) is 1.95. The molecule has 108 valence electrons. The van der Waals surface area contributed by atoms with Gasteiger partial charge in [0.15, 0.2) is 0 Å². The highest BCUT2D eigenvalue weighted by molar-refractivity contribution is 7.97. The second-order valence-electron chi connectivity index (χ2n) is 5.08. The highest BCUT2D eigenvalue weighted by atomic mass is 32.2. The number of hydrogen-bond acceptors (Lipinski definition) is 2. The van der Waals surface area contributed by atoms with Gasteiger partial charge in [0.2, 0.25) is 11.0 Å². The summed E-state index contributed by atoms with van der Waals surface area (Å²) in [6.45, 7) is 1.54. The van der Waals surface area contributed by atoms with Gasteiger partial charge in [-0.1, -0.05) is 60.7 Å². The molecule has 0 aliphatic carbocycles. The topological polar surface area (TPSA) is 26.3 Å². The van der Waals surface area contributed by atoms with Crippen LogP contribution in [0.5, 0.6) is 0 Å². The Morgan fingerprint density at radius 3 is 2.10 bits per heavy atom. The normalized spacial score (nSPS) is 17.3. The van der Waals surface area contributed by atoms with Crippen molar-refractivity contribution in [1.82, 2.24) is 0 Å². The van der Waals surface area contributed by atoms with E-state index in [-0.39, 0.29) is 21.9 Å². The van der Waals surface area contributed by atoms with Crippen LogP contribution in [0.15, 0.2) is 60.7 Å². The number of ether oxygens (including phenoxy) is 1. The van der Waals surface area contributed by atoms with Crippen molar-refractivity contribution in [3.8, 4) is 0 Å². The fourth-order valence-electron chi connectivity index (χ4n) is 2.65. The number of benzene rings is 2. The molecule has 1 atom stereocenters. The predicted molar refractivity (Wildman–Crippen MR) is 87.9 cm³/mol. The van der Waals surface area contributed by atoms with Crippen molar-refractivity contribution < 1.29 is 9.53 Å². The molecule has 0 saturated carbocycles. The van der Waals surface area contributed by atoms with Gasteiger partial charge in [0.05, 0.1) is 13.2 Å².